The van der Waals surface area contributed by atoms with Crippen LogP contribution >= 0.6 is 24.2 Å². The fraction of sp³-hybridized carbons (Fsp3) is 1.00. The summed E-state index contributed by atoms with van der Waals surface area (Å²) in [5.41, 5.74) is 0. The lowest BCUT2D eigenvalue weighted by atomic mass is 10.3. The Balaban J connectivity index is 3.17. The summed E-state index contributed by atoms with van der Waals surface area (Å²) in [6, 6.07) is 0. The normalized spacial score (nSPS) is 12.0. The highest BCUT2D eigenvalue weighted by Crippen LogP contribution is 2.12. The number of hydrogen-bond acceptors (Lipinski definition) is 0. The van der Waals surface area contributed by atoms with Crippen molar-refractivity contribution >= 4 is 24.2 Å². The van der Waals surface area contributed by atoms with Gasteiger partial charge in [0.2, 0.25) is 0 Å². The Morgan fingerprint density at radius 1 is 1.67 bits per heavy atom. The lowest BCUT2D eigenvalue weighted by Gasteiger charge is -2.08. The first-order chi connectivity index (χ1) is 2.56. The first-order valence-electron chi connectivity index (χ1n) is 1.82. The zero-order chi connectivity index (χ0) is 5.21. The van der Waals surface area contributed by atoms with Gasteiger partial charge < -0.3 is 0 Å². The Morgan fingerprint density at radius 2 is 1.83 bits per heavy atom. The van der Waals surface area contributed by atoms with E-state index >= 15 is 0 Å². The van der Waals surface area contributed by atoms with Gasteiger partial charge in [-0.15, -0.1) is 11.6 Å². The maximum atomic E-state index is 5.37. The van der Waals surface area contributed by atoms with E-state index in [-0.39, 0.29) is 4.75 Å². The van der Waals surface area contributed by atoms with Gasteiger partial charge in [-0.3, -0.25) is 0 Å². The van der Waals surface area contributed by atoms with Gasteiger partial charge in [-0.1, -0.05) is 12.6 Å². The van der Waals surface area contributed by atoms with Gasteiger partial charge in [0.05, 0.1) is 0 Å². The van der Waals surface area contributed by atoms with E-state index in [1.807, 2.05) is 13.8 Å². The van der Waals surface area contributed by atoms with Crippen LogP contribution in [0.1, 0.15) is 13.8 Å². The van der Waals surface area contributed by atoms with E-state index in [1.165, 1.54) is 0 Å². The van der Waals surface area contributed by atoms with Crippen LogP contribution in [0.5, 0.6) is 0 Å². The van der Waals surface area contributed by atoms with E-state index < -0.39 is 0 Å². The molecule has 1 radical (unpaired) electrons. The van der Waals surface area contributed by atoms with Crippen LogP contribution in [0, 0.1) is 0 Å². The van der Waals surface area contributed by atoms with Crippen molar-refractivity contribution in [3.63, 3.8) is 0 Å². The quantitative estimate of drug-likeness (QED) is 0.469. The van der Waals surface area contributed by atoms with Crippen molar-refractivity contribution in [3.8, 4) is 0 Å². The molecule has 0 unspecified atom stereocenters. The van der Waals surface area contributed by atoms with Crippen molar-refractivity contribution in [3.05, 3.63) is 0 Å². The van der Waals surface area contributed by atoms with Crippen molar-refractivity contribution < 1.29 is 0 Å². The Bertz CT molecular complexity index is 37.3. The molecular formula is C4H8ClS. The third-order valence-corrected chi connectivity index (χ3v) is 1.29. The Kier molecular flexibility index (Phi) is 2.30. The van der Waals surface area contributed by atoms with Crippen LogP contribution in [-0.4, -0.2) is 10.6 Å². The van der Waals surface area contributed by atoms with Gasteiger partial charge in [0, 0.05) is 10.6 Å². The number of alkyl halides is 1. The summed E-state index contributed by atoms with van der Waals surface area (Å²) in [7, 11) is 0. The van der Waals surface area contributed by atoms with Crippen molar-refractivity contribution in [1.82, 2.24) is 0 Å². The molecule has 0 saturated carbocycles. The molecule has 2 heteroatoms. The molecule has 0 spiro atoms. The van der Waals surface area contributed by atoms with Crippen LogP contribution in [0.25, 0.3) is 0 Å². The second-order valence-corrected chi connectivity index (χ2v) is 3.27. The van der Waals surface area contributed by atoms with Crippen LogP contribution in [-0.2, 0) is 0 Å². The van der Waals surface area contributed by atoms with Crippen LogP contribution in [0.2, 0.25) is 0 Å². The molecule has 0 heterocycles. The fourth-order valence-corrected chi connectivity index (χ4v) is 0. The second-order valence-electron chi connectivity index (χ2n) is 1.89. The number of rotatable bonds is 1. The SMILES string of the molecule is CC(C)([S])CCl. The zero-order valence-electron chi connectivity index (χ0n) is 3.99. The monoisotopic (exact) mass is 123 g/mol. The summed E-state index contributed by atoms with van der Waals surface area (Å²) in [4.78, 5) is 0. The van der Waals surface area contributed by atoms with E-state index in [4.69, 9.17) is 24.2 Å². The predicted octanol–water partition coefficient (Wildman–Crippen LogP) is 2.20. The molecule has 0 saturated heterocycles. The Morgan fingerprint density at radius 3 is 1.83 bits per heavy atom. The molecule has 0 aromatic carbocycles. The third kappa shape index (κ3) is 4.64. The molecule has 0 amide bonds. The summed E-state index contributed by atoms with van der Waals surface area (Å²) < 4.78 is -0.110. The van der Waals surface area contributed by atoms with Gasteiger partial charge in [0.25, 0.3) is 0 Å². The first-order valence-corrected chi connectivity index (χ1v) is 2.77. The summed E-state index contributed by atoms with van der Waals surface area (Å²) in [5.74, 6) is 0.558. The van der Waals surface area contributed by atoms with E-state index in [0.717, 1.165) is 0 Å². The lowest BCUT2D eigenvalue weighted by molar-refractivity contribution is 0.820. The summed E-state index contributed by atoms with van der Waals surface area (Å²) in [6.07, 6.45) is 0. The van der Waals surface area contributed by atoms with E-state index in [9.17, 15) is 0 Å². The minimum absolute atomic E-state index is 0.110. The van der Waals surface area contributed by atoms with Gasteiger partial charge >= 0.3 is 0 Å². The molecule has 0 aromatic heterocycles. The molecule has 0 nitrogen and oxygen atoms in total. The predicted molar refractivity (Wildman–Crippen MR) is 32.4 cm³/mol. The van der Waals surface area contributed by atoms with Crippen molar-refractivity contribution in [1.29, 1.82) is 0 Å². The molecular weight excluding hydrogens is 116 g/mol. The largest absolute Gasteiger partial charge is 0.125 e. The van der Waals surface area contributed by atoms with Crippen molar-refractivity contribution in [2.24, 2.45) is 0 Å². The number of halogens is 1. The molecule has 0 rings (SSSR count). The topological polar surface area (TPSA) is 0 Å². The fourth-order valence-electron chi connectivity index (χ4n) is 0. The van der Waals surface area contributed by atoms with Crippen LogP contribution in [0.3, 0.4) is 0 Å². The first kappa shape index (κ1) is 6.64. The van der Waals surface area contributed by atoms with Crippen molar-refractivity contribution in [2.45, 2.75) is 18.6 Å². The van der Waals surface area contributed by atoms with Gasteiger partial charge in [-0.25, -0.2) is 0 Å². The molecule has 0 aliphatic carbocycles. The summed E-state index contributed by atoms with van der Waals surface area (Å²) >= 11 is 10.2. The van der Waals surface area contributed by atoms with Gasteiger partial charge in [0.15, 0.2) is 0 Å². The number of hydrogen-bond donors (Lipinski definition) is 0. The molecule has 0 aromatic rings. The average molecular weight is 124 g/mol. The molecule has 0 aliphatic heterocycles. The maximum absolute atomic E-state index is 5.37. The van der Waals surface area contributed by atoms with Gasteiger partial charge in [0.1, 0.15) is 0 Å². The average Bonchev–Trinajstić information content (AvgIpc) is 1.35. The minimum Gasteiger partial charge on any atom is -0.125 e. The van der Waals surface area contributed by atoms with E-state index in [0.29, 0.717) is 5.88 Å². The zero-order valence-corrected chi connectivity index (χ0v) is 5.57. The molecule has 0 atom stereocenters. The standard InChI is InChI=1S/C4H8ClS/c1-4(2,6)3-5/h3H2,1-2H3. The van der Waals surface area contributed by atoms with E-state index in [1.54, 1.807) is 0 Å². The van der Waals surface area contributed by atoms with Crippen LogP contribution < -0.4 is 0 Å². The van der Waals surface area contributed by atoms with Crippen LogP contribution in [0.4, 0.5) is 0 Å². The Hall–Kier alpha value is 0.640. The summed E-state index contributed by atoms with van der Waals surface area (Å²) in [6.45, 7) is 3.85. The highest BCUT2D eigenvalue weighted by molar-refractivity contribution is 7.81. The van der Waals surface area contributed by atoms with Gasteiger partial charge in [-0.2, -0.15) is 0 Å². The molecule has 6 heavy (non-hydrogen) atoms. The van der Waals surface area contributed by atoms with E-state index in [2.05, 4.69) is 0 Å². The van der Waals surface area contributed by atoms with Crippen LogP contribution in [0.15, 0.2) is 0 Å². The molecule has 0 bridgehead atoms. The molecule has 0 N–H and O–H groups in total. The van der Waals surface area contributed by atoms with Gasteiger partial charge in [-0.05, 0) is 13.8 Å². The molecule has 0 fully saturated rings. The third-order valence-electron chi connectivity index (χ3n) is 0.322. The smallest absolute Gasteiger partial charge is 0.0373 e. The lowest BCUT2D eigenvalue weighted by Crippen LogP contribution is -2.10. The molecule has 37 valence electrons. The second kappa shape index (κ2) is 2.08. The molecule has 0 aliphatic rings. The highest BCUT2D eigenvalue weighted by Gasteiger charge is 2.07. The van der Waals surface area contributed by atoms with Crippen molar-refractivity contribution in [2.75, 3.05) is 5.88 Å². The highest BCUT2D eigenvalue weighted by atomic mass is 35.5. The Labute approximate surface area is 49.3 Å². The maximum Gasteiger partial charge on any atom is 0.0373 e. The summed E-state index contributed by atoms with van der Waals surface area (Å²) in [5, 5.41) is 0. The minimum atomic E-state index is -0.110.